The normalized spacial score (nSPS) is 15.2. The van der Waals surface area contributed by atoms with E-state index in [1.807, 2.05) is 18.2 Å². The van der Waals surface area contributed by atoms with Crippen molar-refractivity contribution in [3.05, 3.63) is 29.8 Å². The molecule has 0 unspecified atom stereocenters. The molecule has 1 aliphatic heterocycles. The van der Waals surface area contributed by atoms with E-state index < -0.39 is 0 Å². The van der Waals surface area contributed by atoms with Gasteiger partial charge in [0.05, 0.1) is 12.2 Å². The number of likely N-dealkylation sites (tertiary alicyclic amines) is 1. The van der Waals surface area contributed by atoms with Crippen LogP contribution in [0.2, 0.25) is 0 Å². The third kappa shape index (κ3) is 4.71. The van der Waals surface area contributed by atoms with Crippen molar-refractivity contribution in [1.29, 1.82) is 0 Å². The lowest BCUT2D eigenvalue weighted by Crippen LogP contribution is -2.44. The number of para-hydroxylation sites is 1. The Kier molecular flexibility index (Phi) is 7.06. The van der Waals surface area contributed by atoms with Crippen molar-refractivity contribution in [3.8, 4) is 5.75 Å². The lowest BCUT2D eigenvalue weighted by Gasteiger charge is -2.31. The highest BCUT2D eigenvalue weighted by atomic mass is 16.5. The van der Waals surface area contributed by atoms with E-state index in [0.717, 1.165) is 19.3 Å². The number of nitrogens with zero attached hydrogens (tertiary/aromatic N) is 1. The largest absolute Gasteiger partial charge is 0.493 e. The quantitative estimate of drug-likeness (QED) is 0.346. The predicted octanol–water partition coefficient (Wildman–Crippen LogP) is 2.10. The van der Waals surface area contributed by atoms with Gasteiger partial charge in [0.25, 0.3) is 5.91 Å². The molecule has 1 aliphatic rings. The summed E-state index contributed by atoms with van der Waals surface area (Å²) in [6.07, 6.45) is 4.50. The average molecular weight is 333 g/mol. The molecule has 0 aromatic heterocycles. The number of piperidine rings is 1. The van der Waals surface area contributed by atoms with Crippen LogP contribution in [-0.4, -0.2) is 36.4 Å². The monoisotopic (exact) mass is 333 g/mol. The highest BCUT2D eigenvalue weighted by molar-refractivity contribution is 5.97. The summed E-state index contributed by atoms with van der Waals surface area (Å²) in [5.41, 5.74) is 2.78. The zero-order valence-electron chi connectivity index (χ0n) is 14.3. The molecule has 24 heavy (non-hydrogen) atoms. The van der Waals surface area contributed by atoms with Crippen molar-refractivity contribution in [2.45, 2.75) is 39.0 Å². The van der Waals surface area contributed by atoms with Gasteiger partial charge in [-0.3, -0.25) is 15.0 Å². The average Bonchev–Trinajstić information content (AvgIpc) is 2.64. The number of unbranched alkanes of at least 4 members (excludes halogenated alkanes) is 2. The first-order valence-corrected chi connectivity index (χ1v) is 8.69. The van der Waals surface area contributed by atoms with Crippen molar-refractivity contribution >= 4 is 11.8 Å². The number of amides is 2. The van der Waals surface area contributed by atoms with E-state index in [2.05, 4.69) is 12.3 Å². The maximum Gasteiger partial charge on any atom is 0.257 e. The Bertz CT molecular complexity index is 554. The van der Waals surface area contributed by atoms with Crippen molar-refractivity contribution in [3.63, 3.8) is 0 Å². The first-order chi connectivity index (χ1) is 11.7. The summed E-state index contributed by atoms with van der Waals surface area (Å²) in [6.45, 7) is 3.88. The van der Waals surface area contributed by atoms with Gasteiger partial charge >= 0.3 is 0 Å². The van der Waals surface area contributed by atoms with Gasteiger partial charge in [0.15, 0.2) is 0 Å². The molecule has 1 heterocycles. The Hall–Kier alpha value is -2.08. The predicted molar refractivity (Wildman–Crippen MR) is 92.4 cm³/mol. The molecule has 6 nitrogen and oxygen atoms in total. The molecule has 1 fully saturated rings. The summed E-state index contributed by atoms with van der Waals surface area (Å²) < 4.78 is 5.80. The Balaban J connectivity index is 1.96. The minimum Gasteiger partial charge on any atom is -0.493 e. The molecule has 2 rings (SSSR count). The van der Waals surface area contributed by atoms with Gasteiger partial charge in [0.2, 0.25) is 5.91 Å². The van der Waals surface area contributed by atoms with Crippen LogP contribution in [0.25, 0.3) is 0 Å². The molecule has 0 radical (unpaired) electrons. The van der Waals surface area contributed by atoms with Crippen LogP contribution < -0.4 is 16.0 Å². The van der Waals surface area contributed by atoms with Crippen LogP contribution in [0.3, 0.4) is 0 Å². The number of hydrogen-bond donors (Lipinski definition) is 2. The van der Waals surface area contributed by atoms with Gasteiger partial charge in [-0.25, -0.2) is 5.84 Å². The van der Waals surface area contributed by atoms with Crippen LogP contribution in [0.1, 0.15) is 49.4 Å². The van der Waals surface area contributed by atoms with Crippen LogP contribution >= 0.6 is 0 Å². The van der Waals surface area contributed by atoms with E-state index in [1.165, 1.54) is 0 Å². The van der Waals surface area contributed by atoms with Crippen molar-refractivity contribution < 1.29 is 14.3 Å². The summed E-state index contributed by atoms with van der Waals surface area (Å²) in [4.78, 5) is 26.1. The smallest absolute Gasteiger partial charge is 0.257 e. The summed E-state index contributed by atoms with van der Waals surface area (Å²) >= 11 is 0. The molecule has 0 aliphatic carbocycles. The summed E-state index contributed by atoms with van der Waals surface area (Å²) in [7, 11) is 0. The second kappa shape index (κ2) is 9.27. The first-order valence-electron chi connectivity index (χ1n) is 8.69. The number of carbonyl (C=O) groups excluding carboxylic acids is 2. The van der Waals surface area contributed by atoms with Gasteiger partial charge in [-0.15, -0.1) is 0 Å². The Morgan fingerprint density at radius 3 is 2.62 bits per heavy atom. The molecular formula is C18H27N3O3. The number of nitrogens with two attached hydrogens (primary N) is 1. The topological polar surface area (TPSA) is 84.7 Å². The third-order valence-electron chi connectivity index (χ3n) is 4.42. The van der Waals surface area contributed by atoms with Gasteiger partial charge in [-0.05, 0) is 31.4 Å². The number of benzene rings is 1. The number of ether oxygens (including phenoxy) is 1. The van der Waals surface area contributed by atoms with E-state index in [4.69, 9.17) is 10.6 Å². The summed E-state index contributed by atoms with van der Waals surface area (Å²) in [5.74, 6) is 5.52. The molecule has 3 N–H and O–H groups in total. The lowest BCUT2D eigenvalue weighted by molar-refractivity contribution is -0.126. The molecule has 1 saturated heterocycles. The number of hydrazine groups is 1. The third-order valence-corrected chi connectivity index (χ3v) is 4.42. The standard InChI is InChI=1S/C18H27N3O3/c1-2-3-6-13-24-16-8-5-4-7-15(16)18(23)21-11-9-14(10-12-21)17(22)20-19/h4-5,7-8,14H,2-3,6,9-13,19H2,1H3,(H,20,22). The first kappa shape index (κ1) is 18.3. The van der Waals surface area contributed by atoms with E-state index in [-0.39, 0.29) is 17.7 Å². The van der Waals surface area contributed by atoms with Crippen LogP contribution in [0.4, 0.5) is 0 Å². The van der Waals surface area contributed by atoms with Crippen LogP contribution in [0, 0.1) is 5.92 Å². The molecule has 1 aromatic rings. The number of nitrogens with one attached hydrogen (secondary N) is 1. The van der Waals surface area contributed by atoms with Crippen molar-refractivity contribution in [2.24, 2.45) is 11.8 Å². The van der Waals surface area contributed by atoms with Crippen LogP contribution in [0.15, 0.2) is 24.3 Å². The lowest BCUT2D eigenvalue weighted by atomic mass is 9.95. The van der Waals surface area contributed by atoms with E-state index in [9.17, 15) is 9.59 Å². The fourth-order valence-electron chi connectivity index (χ4n) is 2.94. The zero-order valence-corrected chi connectivity index (χ0v) is 14.3. The maximum atomic E-state index is 12.8. The Morgan fingerprint density at radius 1 is 1.25 bits per heavy atom. The van der Waals surface area contributed by atoms with Crippen LogP contribution in [0.5, 0.6) is 5.75 Å². The molecule has 0 atom stereocenters. The zero-order chi connectivity index (χ0) is 17.4. The van der Waals surface area contributed by atoms with Gasteiger partial charge in [-0.2, -0.15) is 0 Å². The molecule has 0 saturated carbocycles. The van der Waals surface area contributed by atoms with Crippen LogP contribution in [-0.2, 0) is 4.79 Å². The minimum absolute atomic E-state index is 0.0345. The number of carbonyl (C=O) groups is 2. The van der Waals surface area contributed by atoms with Crippen molar-refractivity contribution in [1.82, 2.24) is 10.3 Å². The van der Waals surface area contributed by atoms with Gasteiger partial charge in [0, 0.05) is 19.0 Å². The molecule has 6 heteroatoms. The maximum absolute atomic E-state index is 12.8. The molecular weight excluding hydrogens is 306 g/mol. The van der Waals surface area contributed by atoms with E-state index in [1.54, 1.807) is 11.0 Å². The SMILES string of the molecule is CCCCCOc1ccccc1C(=O)N1CCC(C(=O)NN)CC1. The molecule has 0 spiro atoms. The molecule has 0 bridgehead atoms. The highest BCUT2D eigenvalue weighted by Crippen LogP contribution is 2.24. The van der Waals surface area contributed by atoms with E-state index >= 15 is 0 Å². The minimum atomic E-state index is -0.151. The Morgan fingerprint density at radius 2 is 1.96 bits per heavy atom. The molecule has 2 amide bonds. The number of hydrogen-bond acceptors (Lipinski definition) is 4. The fraction of sp³-hybridized carbons (Fsp3) is 0.556. The Labute approximate surface area is 143 Å². The molecule has 132 valence electrons. The summed E-state index contributed by atoms with van der Waals surface area (Å²) in [5, 5.41) is 0. The second-order valence-electron chi connectivity index (χ2n) is 6.13. The fourth-order valence-corrected chi connectivity index (χ4v) is 2.94. The van der Waals surface area contributed by atoms with Crippen molar-refractivity contribution in [2.75, 3.05) is 19.7 Å². The molecule has 1 aromatic carbocycles. The number of rotatable bonds is 7. The second-order valence-corrected chi connectivity index (χ2v) is 6.13. The van der Waals surface area contributed by atoms with Gasteiger partial charge in [0.1, 0.15) is 5.75 Å². The highest BCUT2D eigenvalue weighted by Gasteiger charge is 2.28. The van der Waals surface area contributed by atoms with Gasteiger partial charge < -0.3 is 9.64 Å². The van der Waals surface area contributed by atoms with E-state index in [0.29, 0.717) is 43.9 Å². The summed E-state index contributed by atoms with van der Waals surface area (Å²) in [6, 6.07) is 7.37. The van der Waals surface area contributed by atoms with Gasteiger partial charge in [-0.1, -0.05) is 31.9 Å².